The normalized spacial score (nSPS) is 19.3. The molecule has 0 aliphatic carbocycles. The van der Waals surface area contributed by atoms with E-state index < -0.39 is 10.0 Å². The second-order valence-electron chi connectivity index (χ2n) is 4.82. The Kier molecular flexibility index (Phi) is 5.79. The van der Waals surface area contributed by atoms with Gasteiger partial charge in [0.05, 0.1) is 11.6 Å². The first-order valence-electron chi connectivity index (χ1n) is 6.60. The van der Waals surface area contributed by atoms with Crippen LogP contribution in [0.5, 0.6) is 0 Å². The Bertz CT molecular complexity index is 589. The molecule has 0 bridgehead atoms. The van der Waals surface area contributed by atoms with Crippen molar-refractivity contribution in [2.45, 2.75) is 17.4 Å². The number of halogens is 1. The molecule has 1 atom stereocenters. The van der Waals surface area contributed by atoms with E-state index in [1.807, 2.05) is 0 Å². The van der Waals surface area contributed by atoms with Crippen LogP contribution in [-0.4, -0.2) is 50.5 Å². The predicted molar refractivity (Wildman–Crippen MR) is 87.4 cm³/mol. The summed E-state index contributed by atoms with van der Waals surface area (Å²) in [7, 11) is -2.09. The highest BCUT2D eigenvalue weighted by molar-refractivity contribution is 7.99. The molecule has 1 aliphatic rings. The van der Waals surface area contributed by atoms with E-state index in [4.69, 9.17) is 22.1 Å². The minimum absolute atomic E-state index is 0.0104. The van der Waals surface area contributed by atoms with Gasteiger partial charge in [-0.25, -0.2) is 8.42 Å². The molecule has 1 heterocycles. The Hall–Kier alpha value is -0.470. The van der Waals surface area contributed by atoms with Crippen LogP contribution in [0.2, 0.25) is 5.02 Å². The Balaban J connectivity index is 2.35. The van der Waals surface area contributed by atoms with Crippen molar-refractivity contribution < 1.29 is 13.2 Å². The summed E-state index contributed by atoms with van der Waals surface area (Å²) in [5, 5.41) is 0.156. The average Bonchev–Trinajstić information content (AvgIpc) is 2.92. The van der Waals surface area contributed by atoms with E-state index in [0.717, 1.165) is 17.9 Å². The molecule has 0 saturated carbocycles. The van der Waals surface area contributed by atoms with E-state index in [2.05, 4.69) is 0 Å². The van der Waals surface area contributed by atoms with Crippen LogP contribution in [-0.2, 0) is 14.8 Å². The van der Waals surface area contributed by atoms with Crippen LogP contribution in [0.25, 0.3) is 0 Å². The molecular formula is C13H19ClN2O3S2. The fraction of sp³-hybridized carbons (Fsp3) is 0.538. The zero-order valence-corrected chi connectivity index (χ0v) is 14.2. The number of anilines is 1. The maximum Gasteiger partial charge on any atom is 0.244 e. The van der Waals surface area contributed by atoms with Crippen molar-refractivity contribution in [1.29, 1.82) is 0 Å². The summed E-state index contributed by atoms with van der Waals surface area (Å²) < 4.78 is 32.3. The lowest BCUT2D eigenvalue weighted by Crippen LogP contribution is -2.42. The van der Waals surface area contributed by atoms with Gasteiger partial charge in [0, 0.05) is 31.1 Å². The van der Waals surface area contributed by atoms with Gasteiger partial charge in [-0.15, -0.1) is 0 Å². The molecule has 0 radical (unpaired) electrons. The number of benzene rings is 1. The summed E-state index contributed by atoms with van der Waals surface area (Å²) in [6, 6.07) is 4.47. The van der Waals surface area contributed by atoms with Crippen molar-refractivity contribution in [2.24, 2.45) is 0 Å². The molecule has 0 aromatic heterocycles. The lowest BCUT2D eigenvalue weighted by Gasteiger charge is -2.27. The number of ether oxygens (including phenoxy) is 1. The molecule has 2 N–H and O–H groups in total. The van der Waals surface area contributed by atoms with E-state index in [-0.39, 0.29) is 16.0 Å². The monoisotopic (exact) mass is 350 g/mol. The highest BCUT2D eigenvalue weighted by atomic mass is 35.5. The molecule has 1 aliphatic heterocycles. The number of nitrogen functional groups attached to an aromatic ring is 1. The predicted octanol–water partition coefficient (Wildman–Crippen LogP) is 2.06. The number of hydrogen-bond donors (Lipinski definition) is 1. The molecule has 2 rings (SSSR count). The van der Waals surface area contributed by atoms with Gasteiger partial charge in [0.25, 0.3) is 0 Å². The summed E-state index contributed by atoms with van der Waals surface area (Å²) in [5.41, 5.74) is 6.08. The molecule has 8 heteroatoms. The number of hydrogen-bond acceptors (Lipinski definition) is 5. The quantitative estimate of drug-likeness (QED) is 0.795. The first-order chi connectivity index (χ1) is 9.96. The molecule has 1 saturated heterocycles. The van der Waals surface area contributed by atoms with Crippen LogP contribution in [0.15, 0.2) is 23.1 Å². The minimum atomic E-state index is -3.65. The largest absolute Gasteiger partial charge is 0.399 e. The maximum absolute atomic E-state index is 12.9. The average molecular weight is 351 g/mol. The highest BCUT2D eigenvalue weighted by Crippen LogP contribution is 2.31. The van der Waals surface area contributed by atoms with Crippen LogP contribution >= 0.6 is 23.4 Å². The standard InChI is InChI=1S/C13H19ClN2O3S2/c1-19-6-5-16(11-4-7-20-9-11)21(17,18)13-3-2-10(15)8-12(13)14/h2-3,8,11H,4-7,9,15H2,1H3. The van der Waals surface area contributed by atoms with Gasteiger partial charge in [-0.3, -0.25) is 0 Å². The molecule has 0 amide bonds. The molecule has 5 nitrogen and oxygen atoms in total. The number of thioether (sulfide) groups is 1. The van der Waals surface area contributed by atoms with Crippen LogP contribution in [0, 0.1) is 0 Å². The number of rotatable bonds is 6. The van der Waals surface area contributed by atoms with Gasteiger partial charge >= 0.3 is 0 Å². The summed E-state index contributed by atoms with van der Waals surface area (Å²) in [4.78, 5) is 0.103. The van der Waals surface area contributed by atoms with Crippen LogP contribution in [0.3, 0.4) is 0 Å². The Morgan fingerprint density at radius 1 is 1.52 bits per heavy atom. The Morgan fingerprint density at radius 3 is 2.86 bits per heavy atom. The highest BCUT2D eigenvalue weighted by Gasteiger charge is 2.34. The molecule has 0 spiro atoms. The third-order valence-corrected chi connectivity index (χ3v) is 6.95. The van der Waals surface area contributed by atoms with Crippen molar-refractivity contribution in [3.63, 3.8) is 0 Å². The van der Waals surface area contributed by atoms with Gasteiger partial charge in [0.1, 0.15) is 4.90 Å². The fourth-order valence-corrected chi connectivity index (χ4v) is 5.77. The van der Waals surface area contributed by atoms with Gasteiger partial charge in [0.15, 0.2) is 0 Å². The van der Waals surface area contributed by atoms with Crippen LogP contribution in [0.1, 0.15) is 6.42 Å². The van der Waals surface area contributed by atoms with E-state index in [1.165, 1.54) is 16.4 Å². The lowest BCUT2D eigenvalue weighted by molar-refractivity contribution is 0.169. The third-order valence-electron chi connectivity index (χ3n) is 3.37. The van der Waals surface area contributed by atoms with E-state index in [9.17, 15) is 8.42 Å². The van der Waals surface area contributed by atoms with Gasteiger partial charge < -0.3 is 10.5 Å². The molecule has 1 aromatic carbocycles. The van der Waals surface area contributed by atoms with Crippen molar-refractivity contribution in [3.05, 3.63) is 23.2 Å². The van der Waals surface area contributed by atoms with Crippen molar-refractivity contribution in [3.8, 4) is 0 Å². The van der Waals surface area contributed by atoms with Gasteiger partial charge in [-0.2, -0.15) is 16.1 Å². The Labute approximate surface area is 134 Å². The van der Waals surface area contributed by atoms with Crippen LogP contribution in [0.4, 0.5) is 5.69 Å². The number of methoxy groups -OCH3 is 1. The zero-order valence-electron chi connectivity index (χ0n) is 11.8. The fourth-order valence-electron chi connectivity index (χ4n) is 2.28. The third kappa shape index (κ3) is 3.84. The SMILES string of the molecule is COCCN(C1CCSC1)S(=O)(=O)c1ccc(N)cc1Cl. The number of sulfonamides is 1. The van der Waals surface area contributed by atoms with Gasteiger partial charge in [-0.05, 0) is 30.4 Å². The van der Waals surface area contributed by atoms with Crippen LogP contribution < -0.4 is 5.73 Å². The minimum Gasteiger partial charge on any atom is -0.399 e. The Morgan fingerprint density at radius 2 is 2.29 bits per heavy atom. The van der Waals surface area contributed by atoms with E-state index >= 15 is 0 Å². The van der Waals surface area contributed by atoms with Crippen molar-refractivity contribution >= 4 is 39.1 Å². The molecule has 118 valence electrons. The van der Waals surface area contributed by atoms with Crippen molar-refractivity contribution in [1.82, 2.24) is 4.31 Å². The summed E-state index contributed by atoms with van der Waals surface area (Å²) in [6.07, 6.45) is 0.847. The molecule has 1 unspecified atom stereocenters. The summed E-state index contributed by atoms with van der Waals surface area (Å²) in [6.45, 7) is 0.678. The first-order valence-corrected chi connectivity index (χ1v) is 9.57. The van der Waals surface area contributed by atoms with Gasteiger partial charge in [-0.1, -0.05) is 11.6 Å². The topological polar surface area (TPSA) is 72.6 Å². The first kappa shape index (κ1) is 16.9. The van der Waals surface area contributed by atoms with Crippen molar-refractivity contribution in [2.75, 3.05) is 37.5 Å². The van der Waals surface area contributed by atoms with E-state index in [1.54, 1.807) is 24.9 Å². The number of nitrogens with two attached hydrogens (primary N) is 1. The second kappa shape index (κ2) is 7.19. The summed E-state index contributed by atoms with van der Waals surface area (Å²) >= 11 is 7.84. The number of nitrogens with zero attached hydrogens (tertiary/aromatic N) is 1. The molecule has 1 aromatic rings. The maximum atomic E-state index is 12.9. The smallest absolute Gasteiger partial charge is 0.244 e. The molecule has 1 fully saturated rings. The summed E-state index contributed by atoms with van der Waals surface area (Å²) in [5.74, 6) is 1.77. The second-order valence-corrected chi connectivity index (χ2v) is 8.23. The molecule has 21 heavy (non-hydrogen) atoms. The molecular weight excluding hydrogens is 332 g/mol. The van der Waals surface area contributed by atoms with E-state index in [0.29, 0.717) is 18.8 Å². The van der Waals surface area contributed by atoms with Gasteiger partial charge in [0.2, 0.25) is 10.0 Å². The zero-order chi connectivity index (χ0) is 15.5. The lowest BCUT2D eigenvalue weighted by atomic mass is 10.3.